The van der Waals surface area contributed by atoms with Gasteiger partial charge in [-0.2, -0.15) is 0 Å². The van der Waals surface area contributed by atoms with Crippen LogP contribution >= 0.6 is 11.6 Å². The van der Waals surface area contributed by atoms with Crippen LogP contribution in [0.2, 0.25) is 5.02 Å². The molecule has 0 radical (unpaired) electrons. The summed E-state index contributed by atoms with van der Waals surface area (Å²) in [7, 11) is 0. The van der Waals surface area contributed by atoms with Crippen molar-refractivity contribution >= 4 is 29.1 Å². The minimum atomic E-state index is -0.181. The first kappa shape index (κ1) is 18.1. The lowest BCUT2D eigenvalue weighted by atomic mass is 10.1. The second-order valence-electron chi connectivity index (χ2n) is 7.00. The number of hydrogen-bond acceptors (Lipinski definition) is 3. The smallest absolute Gasteiger partial charge is 0.228 e. The fourth-order valence-electron chi connectivity index (χ4n) is 3.66. The number of carbonyl (C=O) groups is 2. The van der Waals surface area contributed by atoms with Gasteiger partial charge in [-0.1, -0.05) is 24.6 Å². The van der Waals surface area contributed by atoms with Crippen LogP contribution in [0.5, 0.6) is 0 Å². The lowest BCUT2D eigenvalue weighted by molar-refractivity contribution is -0.136. The summed E-state index contributed by atoms with van der Waals surface area (Å²) in [6, 6.07) is 8.03. The Bertz CT molecular complexity index is 643. The summed E-state index contributed by atoms with van der Waals surface area (Å²) in [5.74, 6) is 0.0642. The SMILES string of the molecule is CCC(C)N1CC(C(=O)N2CCN(c3cccc(Cl)c3)CC2)CC1=O. The van der Waals surface area contributed by atoms with Gasteiger partial charge in [-0.05, 0) is 31.5 Å². The number of rotatable bonds is 4. The molecule has 2 unspecified atom stereocenters. The second-order valence-corrected chi connectivity index (χ2v) is 7.43. The Kier molecular flexibility index (Phi) is 5.52. The lowest BCUT2D eigenvalue weighted by Gasteiger charge is -2.37. The Morgan fingerprint density at radius 3 is 2.64 bits per heavy atom. The van der Waals surface area contributed by atoms with Gasteiger partial charge in [-0.25, -0.2) is 0 Å². The second kappa shape index (κ2) is 7.65. The highest BCUT2D eigenvalue weighted by atomic mass is 35.5. The number of hydrogen-bond donors (Lipinski definition) is 0. The fraction of sp³-hybridized carbons (Fsp3) is 0.579. The number of nitrogens with zero attached hydrogens (tertiary/aromatic N) is 3. The summed E-state index contributed by atoms with van der Waals surface area (Å²) in [6.45, 7) is 7.67. The van der Waals surface area contributed by atoms with Crippen molar-refractivity contribution in [2.24, 2.45) is 5.92 Å². The van der Waals surface area contributed by atoms with Crippen LogP contribution in [0.4, 0.5) is 5.69 Å². The van der Waals surface area contributed by atoms with Crippen LogP contribution in [-0.2, 0) is 9.59 Å². The van der Waals surface area contributed by atoms with Crippen LogP contribution in [0.15, 0.2) is 24.3 Å². The molecule has 0 spiro atoms. The maximum Gasteiger partial charge on any atom is 0.228 e. The molecule has 2 amide bonds. The van der Waals surface area contributed by atoms with Gasteiger partial charge in [0.25, 0.3) is 0 Å². The number of anilines is 1. The third-order valence-corrected chi connectivity index (χ3v) is 5.63. The summed E-state index contributed by atoms with van der Waals surface area (Å²) in [5, 5.41) is 0.727. The normalized spacial score (nSPS) is 22.4. The number of likely N-dealkylation sites (tertiary alicyclic amines) is 1. The third kappa shape index (κ3) is 3.92. The molecule has 0 aromatic heterocycles. The molecule has 2 atom stereocenters. The van der Waals surface area contributed by atoms with Crippen molar-refractivity contribution in [3.63, 3.8) is 0 Å². The largest absolute Gasteiger partial charge is 0.368 e. The number of halogens is 1. The predicted molar refractivity (Wildman–Crippen MR) is 99.8 cm³/mol. The molecule has 0 saturated carbocycles. The topological polar surface area (TPSA) is 43.9 Å². The Hall–Kier alpha value is -1.75. The molecule has 0 N–H and O–H groups in total. The standard InChI is InChI=1S/C19H26ClN3O2/c1-3-14(2)23-13-15(11-18(23)24)19(25)22-9-7-21(8-10-22)17-6-4-5-16(20)12-17/h4-6,12,14-15H,3,7-11,13H2,1-2H3. The first-order valence-corrected chi connectivity index (χ1v) is 9.46. The third-order valence-electron chi connectivity index (χ3n) is 5.40. The molecule has 3 rings (SSSR count). The van der Waals surface area contributed by atoms with Gasteiger partial charge in [0.15, 0.2) is 0 Å². The van der Waals surface area contributed by atoms with Crippen molar-refractivity contribution in [1.29, 1.82) is 0 Å². The highest BCUT2D eigenvalue weighted by molar-refractivity contribution is 6.30. The molecule has 6 heteroatoms. The van der Waals surface area contributed by atoms with Crippen molar-refractivity contribution in [3.8, 4) is 0 Å². The van der Waals surface area contributed by atoms with Crippen LogP contribution in [-0.4, -0.2) is 60.4 Å². The molecule has 2 aliphatic heterocycles. The lowest BCUT2D eigenvalue weighted by Crippen LogP contribution is -2.50. The van der Waals surface area contributed by atoms with Crippen LogP contribution in [0.1, 0.15) is 26.7 Å². The van der Waals surface area contributed by atoms with E-state index in [1.165, 1.54) is 0 Å². The van der Waals surface area contributed by atoms with E-state index >= 15 is 0 Å². The van der Waals surface area contributed by atoms with E-state index in [9.17, 15) is 9.59 Å². The van der Waals surface area contributed by atoms with Crippen molar-refractivity contribution in [1.82, 2.24) is 9.80 Å². The molecular weight excluding hydrogens is 338 g/mol. The summed E-state index contributed by atoms with van der Waals surface area (Å²) in [6.07, 6.45) is 1.28. The molecule has 1 aromatic rings. The van der Waals surface area contributed by atoms with Crippen molar-refractivity contribution in [3.05, 3.63) is 29.3 Å². The van der Waals surface area contributed by atoms with E-state index < -0.39 is 0 Å². The van der Waals surface area contributed by atoms with Crippen LogP contribution in [0, 0.1) is 5.92 Å². The molecule has 2 saturated heterocycles. The van der Waals surface area contributed by atoms with Gasteiger partial charge in [-0.3, -0.25) is 9.59 Å². The van der Waals surface area contributed by atoms with Gasteiger partial charge < -0.3 is 14.7 Å². The molecule has 136 valence electrons. The van der Waals surface area contributed by atoms with E-state index in [1.54, 1.807) is 0 Å². The van der Waals surface area contributed by atoms with Gasteiger partial charge in [0.05, 0.1) is 5.92 Å². The van der Waals surface area contributed by atoms with Gasteiger partial charge >= 0.3 is 0 Å². The van der Waals surface area contributed by atoms with Gasteiger partial charge in [0, 0.05) is 55.9 Å². The highest BCUT2D eigenvalue weighted by Gasteiger charge is 2.38. The molecular formula is C19H26ClN3O2. The van der Waals surface area contributed by atoms with Gasteiger partial charge in [-0.15, -0.1) is 0 Å². The van der Waals surface area contributed by atoms with E-state index in [0.717, 1.165) is 30.2 Å². The predicted octanol–water partition coefficient (Wildman–Crippen LogP) is 2.64. The summed E-state index contributed by atoms with van der Waals surface area (Å²) < 4.78 is 0. The number of amides is 2. The molecule has 5 nitrogen and oxygen atoms in total. The summed E-state index contributed by atoms with van der Waals surface area (Å²) in [5.41, 5.74) is 1.10. The summed E-state index contributed by atoms with van der Waals surface area (Å²) in [4.78, 5) is 31.0. The Labute approximate surface area is 154 Å². The Balaban J connectivity index is 1.56. The van der Waals surface area contributed by atoms with Crippen molar-refractivity contribution < 1.29 is 9.59 Å². The number of piperazine rings is 1. The molecule has 2 fully saturated rings. The maximum atomic E-state index is 12.8. The molecule has 2 aliphatic rings. The number of benzene rings is 1. The average molecular weight is 364 g/mol. The number of carbonyl (C=O) groups excluding carboxylic acids is 2. The Morgan fingerprint density at radius 1 is 1.28 bits per heavy atom. The van der Waals surface area contributed by atoms with Gasteiger partial charge in [0.2, 0.25) is 11.8 Å². The molecule has 1 aromatic carbocycles. The van der Waals surface area contributed by atoms with Crippen LogP contribution in [0.3, 0.4) is 0 Å². The van der Waals surface area contributed by atoms with E-state index in [2.05, 4.69) is 18.7 Å². The van der Waals surface area contributed by atoms with E-state index in [4.69, 9.17) is 11.6 Å². The van der Waals surface area contributed by atoms with E-state index in [-0.39, 0.29) is 23.8 Å². The molecule has 25 heavy (non-hydrogen) atoms. The molecule has 0 bridgehead atoms. The molecule has 0 aliphatic carbocycles. The van der Waals surface area contributed by atoms with Crippen LogP contribution in [0.25, 0.3) is 0 Å². The monoisotopic (exact) mass is 363 g/mol. The summed E-state index contributed by atoms with van der Waals surface area (Å²) >= 11 is 6.07. The fourth-order valence-corrected chi connectivity index (χ4v) is 3.84. The maximum absolute atomic E-state index is 12.8. The minimum Gasteiger partial charge on any atom is -0.368 e. The van der Waals surface area contributed by atoms with Gasteiger partial charge in [0.1, 0.15) is 0 Å². The van der Waals surface area contributed by atoms with Crippen molar-refractivity contribution in [2.75, 3.05) is 37.6 Å². The molecule has 2 heterocycles. The zero-order valence-electron chi connectivity index (χ0n) is 14.9. The zero-order chi connectivity index (χ0) is 18.0. The Morgan fingerprint density at radius 2 is 2.00 bits per heavy atom. The zero-order valence-corrected chi connectivity index (χ0v) is 15.7. The first-order valence-electron chi connectivity index (χ1n) is 9.08. The van der Waals surface area contributed by atoms with E-state index in [1.807, 2.05) is 34.1 Å². The highest BCUT2D eigenvalue weighted by Crippen LogP contribution is 2.25. The quantitative estimate of drug-likeness (QED) is 0.826. The van der Waals surface area contributed by atoms with Crippen LogP contribution < -0.4 is 4.90 Å². The van der Waals surface area contributed by atoms with Crippen molar-refractivity contribution in [2.45, 2.75) is 32.7 Å². The van der Waals surface area contributed by atoms with E-state index in [0.29, 0.717) is 26.1 Å². The average Bonchev–Trinajstić information content (AvgIpc) is 3.02. The minimum absolute atomic E-state index is 0.116. The first-order chi connectivity index (χ1) is 12.0.